The zero-order chi connectivity index (χ0) is 97.3. The van der Waals surface area contributed by atoms with E-state index in [0.29, 0.717) is 75.3 Å². The minimum atomic E-state index is -4.98. The molecular weight excluding hydrogens is 1780 g/mol. The van der Waals surface area contributed by atoms with Gasteiger partial charge in [0.25, 0.3) is 0 Å². The number of ether oxygens (including phenoxy) is 6. The van der Waals surface area contributed by atoms with Crippen molar-refractivity contribution in [2.75, 3.05) is 75.3 Å². The maximum absolute atomic E-state index is 13.8. The first-order valence-electron chi connectivity index (χ1n) is 43.7. The number of benzene rings is 3. The minimum absolute atomic E-state index is 0.0349. The van der Waals surface area contributed by atoms with Crippen LogP contribution in [0.3, 0.4) is 0 Å². The highest BCUT2D eigenvalue weighted by atomic mass is 19.4. The number of carbonyl (C=O) groups is 3. The molecule has 11 aromatic rings. The highest BCUT2D eigenvalue weighted by Crippen LogP contribution is 2.48. The van der Waals surface area contributed by atoms with Crippen molar-refractivity contribution in [3.63, 3.8) is 0 Å². The molecule has 1 unspecified atom stereocenters. The number of aliphatic hydroxyl groups is 1. The smallest absolute Gasteiger partial charge is 0.421 e. The molecule has 0 radical (unpaired) electrons. The molecule has 39 heteroatoms. The third kappa shape index (κ3) is 19.7. The number of hydrogen-bond donors (Lipinski definition) is 2. The maximum atomic E-state index is 13.8. The number of pyridine rings is 3. The molecule has 714 valence electrons. The summed E-state index contributed by atoms with van der Waals surface area (Å²) in [4.78, 5) is 93.1. The van der Waals surface area contributed by atoms with Gasteiger partial charge in [0.05, 0.1) is 127 Å². The number of carbonyl (C=O) groups excluding carboxylic acids is 3. The molecule has 6 aliphatic heterocycles. The number of nitrogens with one attached hydrogen (secondary N) is 1. The number of nitrogens with zero attached hydrogens (tertiary/aromatic N) is 16. The summed E-state index contributed by atoms with van der Waals surface area (Å²) < 4.78 is 200. The van der Waals surface area contributed by atoms with Crippen molar-refractivity contribution >= 4 is 36.1 Å². The van der Waals surface area contributed by atoms with Gasteiger partial charge in [0.1, 0.15) is 36.8 Å². The van der Waals surface area contributed by atoms with Crippen LogP contribution in [0, 0.1) is 55.4 Å². The van der Waals surface area contributed by atoms with E-state index in [1.54, 1.807) is 79.3 Å². The summed E-state index contributed by atoms with van der Waals surface area (Å²) in [5.41, 5.74) is 10.4. The standard InChI is InChI=1S/C35H38F4N6O3.C32H32F4N6O3.C29H31F4N5O4/c1-7-8-43-15-20(3)30(21(43)4)24-12-27(32(47-6)40-13-24)28-14-41-33(44-16-26(36)17-44)42-29(28)18-45-22(5)31(48-34(45)46)23-9-19(2)10-25(11-23)35(37,38)39;1-16-6-20(8-22(7-16)32(34,35)36)28-19(4)42(31(43)45-28)15-26-25(12-39-30(40-26)41-13-23(33)14-41)24-9-21(11-38-29(24)44-5)27-17(2)10-37-18(27)3;1-15-6-16(2)8-18(7-15)24-17(3)38(27(39)42-24)14-23-22(11-35-26(36-23)37-12-20(30)13-37)21-9-19(10-34-25(21)41-5)28(4,40)29(31,32)33/h9-15,22,26,31H,7-8,16-18H2,1-6H3;6-12,19,23,28,37H,13-15H2,1-5H3;6-11,17,20,24,40H,12-14H2,1-5H3/t22-,31-;19-,28-;17-,24-,28?/m000/s1. The highest BCUT2D eigenvalue weighted by Gasteiger charge is 2.53. The summed E-state index contributed by atoms with van der Waals surface area (Å²) >= 11 is 0. The zero-order valence-electron chi connectivity index (χ0n) is 76.8. The van der Waals surface area contributed by atoms with Crippen molar-refractivity contribution in [1.29, 1.82) is 0 Å². The Kier molecular flexibility index (Phi) is 27.0. The number of aromatic nitrogens is 11. The molecule has 0 bridgehead atoms. The Morgan fingerprint density at radius 1 is 0.437 bits per heavy atom. The van der Waals surface area contributed by atoms with Crippen LogP contribution in [0.25, 0.3) is 55.6 Å². The van der Waals surface area contributed by atoms with Gasteiger partial charge in [-0.15, -0.1) is 0 Å². The molecule has 0 saturated carbocycles. The van der Waals surface area contributed by atoms with Crippen LogP contribution in [0.2, 0.25) is 0 Å². The SMILES string of the molecule is CCCn1cc(C)c(-c2cnc(OC)c(-c3cnc(N4CC(F)C4)nc3CN3C(=O)O[C@H](c4cc(C)cc(C(F)(F)F)c4)[C@@H]3C)c2)c1C.COc1ncc(-c2c(C)c[nH]c2C)cc1-c1cnc(N2CC(F)C2)nc1CN1C(=O)O[C@H](c2cc(C)cc(C(F)(F)F)c2)[C@@H]1C.COc1ncc(C(C)(O)C(F)(F)F)cc1-c1cnc(N2CC(F)C2)nc1CN1C(=O)O[C@H](c2cc(C)cc(C)c2)[C@@H]1C. The molecule has 8 aromatic heterocycles. The molecule has 27 nitrogen and oxygen atoms in total. The molecule has 6 saturated heterocycles. The fourth-order valence-corrected chi connectivity index (χ4v) is 17.9. The molecule has 2 N–H and O–H groups in total. The average molecular weight is 1880 g/mol. The van der Waals surface area contributed by atoms with E-state index >= 15 is 0 Å². The molecule has 3 aromatic carbocycles. The Hall–Kier alpha value is -13.4. The van der Waals surface area contributed by atoms with Gasteiger partial charge in [-0.05, 0) is 160 Å². The number of cyclic esters (lactones) is 3. The Morgan fingerprint density at radius 2 is 0.785 bits per heavy atom. The predicted octanol–water partition coefficient (Wildman–Crippen LogP) is 19.5. The number of aryl methyl sites for hydroxylation is 8. The van der Waals surface area contributed by atoms with Gasteiger partial charge in [0.15, 0.2) is 5.60 Å². The van der Waals surface area contributed by atoms with Crippen LogP contribution in [0.15, 0.2) is 122 Å². The average Bonchev–Trinajstić information content (AvgIpc) is 1.71. The van der Waals surface area contributed by atoms with Gasteiger partial charge in [0.2, 0.25) is 35.5 Å². The van der Waals surface area contributed by atoms with E-state index in [0.717, 1.165) is 111 Å². The number of alkyl halides is 12. The topological polar surface area (TPSA) is 283 Å². The van der Waals surface area contributed by atoms with Crippen LogP contribution >= 0.6 is 0 Å². The number of rotatable bonds is 23. The third-order valence-corrected chi connectivity index (χ3v) is 25.1. The number of amides is 3. The third-order valence-electron chi connectivity index (χ3n) is 25.1. The lowest BCUT2D eigenvalue weighted by Crippen LogP contribution is -2.49. The van der Waals surface area contributed by atoms with Crippen LogP contribution in [-0.4, -0.2) is 196 Å². The fourth-order valence-electron chi connectivity index (χ4n) is 17.9. The molecule has 135 heavy (non-hydrogen) atoms. The van der Waals surface area contributed by atoms with Gasteiger partial charge in [-0.25, -0.2) is 72.4 Å². The van der Waals surface area contributed by atoms with Gasteiger partial charge in [-0.2, -0.15) is 39.5 Å². The number of halogens is 12. The minimum Gasteiger partial charge on any atom is -0.481 e. The first-order chi connectivity index (χ1) is 63.8. The van der Waals surface area contributed by atoms with Crippen molar-refractivity contribution in [1.82, 2.24) is 69.1 Å². The lowest BCUT2D eigenvalue weighted by molar-refractivity contribution is -0.259. The predicted molar refractivity (Wildman–Crippen MR) is 476 cm³/mol. The van der Waals surface area contributed by atoms with Crippen molar-refractivity contribution in [2.45, 2.75) is 202 Å². The first-order valence-corrected chi connectivity index (χ1v) is 43.7. The van der Waals surface area contributed by atoms with E-state index < -0.39 is 114 Å². The van der Waals surface area contributed by atoms with E-state index in [1.807, 2.05) is 71.1 Å². The van der Waals surface area contributed by atoms with E-state index in [2.05, 4.69) is 71.4 Å². The molecule has 6 aliphatic rings. The lowest BCUT2D eigenvalue weighted by Gasteiger charge is -2.34. The Morgan fingerprint density at radius 3 is 1.12 bits per heavy atom. The van der Waals surface area contributed by atoms with Gasteiger partial charge in [0, 0.05) is 129 Å². The Balaban J connectivity index is 0.000000155. The quantitative estimate of drug-likeness (QED) is 0.0444. The highest BCUT2D eigenvalue weighted by molar-refractivity contribution is 5.82. The van der Waals surface area contributed by atoms with Gasteiger partial charge < -0.3 is 57.8 Å². The Labute approximate surface area is 770 Å². The van der Waals surface area contributed by atoms with E-state index in [1.165, 1.54) is 42.2 Å². The second-order valence-corrected chi connectivity index (χ2v) is 35.1. The molecular formula is C96H101F12N17O10. The zero-order valence-corrected chi connectivity index (χ0v) is 76.8. The van der Waals surface area contributed by atoms with Crippen molar-refractivity contribution in [3.8, 4) is 73.3 Å². The van der Waals surface area contributed by atoms with Crippen LogP contribution in [0.4, 0.5) is 84.9 Å². The summed E-state index contributed by atoms with van der Waals surface area (Å²) in [5.74, 6) is 1.41. The van der Waals surface area contributed by atoms with Gasteiger partial charge in [-0.3, -0.25) is 14.7 Å². The summed E-state index contributed by atoms with van der Waals surface area (Å²) in [5, 5.41) is 10.3. The second-order valence-electron chi connectivity index (χ2n) is 35.1. The summed E-state index contributed by atoms with van der Waals surface area (Å²) in [6.45, 7) is 24.6. The molecule has 6 fully saturated rings. The Bertz CT molecular complexity index is 6270. The molecule has 3 amide bonds. The fraction of sp³-hybridized carbons (Fsp3) is 0.417. The molecule has 17 rings (SSSR count). The monoisotopic (exact) mass is 1880 g/mol. The van der Waals surface area contributed by atoms with Crippen LogP contribution in [-0.2, 0) is 58.3 Å². The van der Waals surface area contributed by atoms with Gasteiger partial charge in [-0.1, -0.05) is 59.5 Å². The number of anilines is 3. The summed E-state index contributed by atoms with van der Waals surface area (Å²) in [7, 11) is 4.31. The van der Waals surface area contributed by atoms with E-state index in [9.17, 15) is 72.2 Å². The summed E-state index contributed by atoms with van der Waals surface area (Å²) in [6, 6.07) is 16.5. The number of H-pyrrole nitrogens is 1. The first kappa shape index (κ1) is 96.2. The van der Waals surface area contributed by atoms with Gasteiger partial charge >= 0.3 is 36.8 Å². The van der Waals surface area contributed by atoms with Crippen LogP contribution in [0.1, 0.15) is 155 Å². The van der Waals surface area contributed by atoms with Crippen molar-refractivity contribution in [3.05, 3.63) is 218 Å². The van der Waals surface area contributed by atoms with Crippen molar-refractivity contribution < 1.29 is 101 Å². The molecule has 0 spiro atoms. The van der Waals surface area contributed by atoms with E-state index in [-0.39, 0.29) is 98.7 Å². The van der Waals surface area contributed by atoms with E-state index in [4.69, 9.17) is 38.4 Å². The summed E-state index contributed by atoms with van der Waals surface area (Å²) in [6.07, 6.45) is -7.55. The number of hydrogen-bond acceptors (Lipinski definition) is 22. The lowest BCUT2D eigenvalue weighted by atomic mass is 9.94. The van der Waals surface area contributed by atoms with Crippen molar-refractivity contribution in [2.24, 2.45) is 0 Å². The number of methoxy groups -OCH3 is 3. The second kappa shape index (κ2) is 37.8. The normalized spacial score (nSPS) is 19.2. The maximum Gasteiger partial charge on any atom is 0.421 e. The van der Waals surface area contributed by atoms with Crippen LogP contribution < -0.4 is 28.9 Å². The molecule has 14 heterocycles. The molecule has 7 atom stereocenters. The molecule has 0 aliphatic carbocycles. The largest absolute Gasteiger partial charge is 0.481 e. The number of aromatic amines is 1. The van der Waals surface area contributed by atoms with Crippen LogP contribution in [0.5, 0.6) is 17.6 Å².